The van der Waals surface area contributed by atoms with E-state index in [4.69, 9.17) is 11.6 Å². The van der Waals surface area contributed by atoms with Crippen LogP contribution >= 0.6 is 23.4 Å². The molecule has 0 bridgehead atoms. The smallest absolute Gasteiger partial charge is 0.0410 e. The Morgan fingerprint density at radius 2 is 1.90 bits per heavy atom. The van der Waals surface area contributed by atoms with E-state index in [2.05, 4.69) is 31.3 Å². The van der Waals surface area contributed by atoms with E-state index in [1.807, 2.05) is 17.8 Å². The van der Waals surface area contributed by atoms with Crippen molar-refractivity contribution >= 4 is 23.4 Å². The molecule has 0 aromatic heterocycles. The van der Waals surface area contributed by atoms with Crippen molar-refractivity contribution in [1.29, 1.82) is 0 Å². The summed E-state index contributed by atoms with van der Waals surface area (Å²) in [6.07, 6.45) is 5.34. The van der Waals surface area contributed by atoms with Crippen LogP contribution in [-0.4, -0.2) is 11.8 Å². The first kappa shape index (κ1) is 14.7. The largest absolute Gasteiger partial charge is 0.307 e. The quantitative estimate of drug-likeness (QED) is 0.796. The molecule has 3 unspecified atom stereocenters. The fourth-order valence-electron chi connectivity index (χ4n) is 3.78. The highest BCUT2D eigenvalue weighted by Crippen LogP contribution is 2.39. The van der Waals surface area contributed by atoms with Crippen LogP contribution in [0.5, 0.6) is 0 Å². The number of nitrogens with one attached hydrogen (secondary N) is 1. The van der Waals surface area contributed by atoms with Gasteiger partial charge in [-0.05, 0) is 60.6 Å². The van der Waals surface area contributed by atoms with Crippen LogP contribution in [0, 0.1) is 11.8 Å². The van der Waals surface area contributed by atoms with E-state index in [0.717, 1.165) is 16.9 Å². The van der Waals surface area contributed by atoms with Crippen molar-refractivity contribution < 1.29 is 0 Å². The Balaban J connectivity index is 1.80. The van der Waals surface area contributed by atoms with Crippen LogP contribution in [0.4, 0.5) is 0 Å². The maximum absolute atomic E-state index is 6.21. The molecule has 1 aliphatic heterocycles. The summed E-state index contributed by atoms with van der Waals surface area (Å²) >= 11 is 8.17. The second-order valence-corrected chi connectivity index (χ2v) is 8.02. The van der Waals surface area contributed by atoms with E-state index in [-0.39, 0.29) is 0 Å². The van der Waals surface area contributed by atoms with Crippen molar-refractivity contribution in [1.82, 2.24) is 5.32 Å². The highest BCUT2D eigenvalue weighted by molar-refractivity contribution is 7.99. The van der Waals surface area contributed by atoms with Gasteiger partial charge in [-0.15, -0.1) is 11.8 Å². The van der Waals surface area contributed by atoms with Gasteiger partial charge in [0.05, 0.1) is 0 Å². The van der Waals surface area contributed by atoms with E-state index in [1.54, 1.807) is 0 Å². The Kier molecular flexibility index (Phi) is 4.64. The van der Waals surface area contributed by atoms with E-state index in [1.165, 1.54) is 41.9 Å². The molecular weight excluding hydrogens is 286 g/mol. The summed E-state index contributed by atoms with van der Waals surface area (Å²) in [6, 6.07) is 7.51. The molecule has 0 radical (unpaired) electrons. The third kappa shape index (κ3) is 3.03. The molecule has 20 heavy (non-hydrogen) atoms. The molecule has 3 rings (SSSR count). The highest BCUT2D eigenvalue weighted by Gasteiger charge is 2.31. The average molecular weight is 310 g/mol. The summed E-state index contributed by atoms with van der Waals surface area (Å²) in [5.74, 6) is 2.79. The van der Waals surface area contributed by atoms with Gasteiger partial charge in [-0.3, -0.25) is 0 Å². The van der Waals surface area contributed by atoms with E-state index in [9.17, 15) is 0 Å². The summed E-state index contributed by atoms with van der Waals surface area (Å²) in [6.45, 7) is 4.81. The standard InChI is InChI=1S/C17H24ClNS/c1-11-4-3-5-12(2)17(11)19-15-8-9-20-16-7-6-13(18)10-14(15)16/h6-7,10-12,15,17,19H,3-5,8-9H2,1-2H3. The molecule has 1 fully saturated rings. The van der Waals surface area contributed by atoms with Gasteiger partial charge in [0, 0.05) is 22.0 Å². The second-order valence-electron chi connectivity index (χ2n) is 6.45. The molecule has 1 N–H and O–H groups in total. The van der Waals surface area contributed by atoms with Gasteiger partial charge < -0.3 is 5.32 Å². The van der Waals surface area contributed by atoms with Crippen LogP contribution in [0.3, 0.4) is 0 Å². The number of hydrogen-bond acceptors (Lipinski definition) is 2. The molecule has 3 atom stereocenters. The fourth-order valence-corrected chi connectivity index (χ4v) is 5.07. The van der Waals surface area contributed by atoms with E-state index in [0.29, 0.717) is 12.1 Å². The third-order valence-electron chi connectivity index (χ3n) is 4.95. The number of rotatable bonds is 2. The summed E-state index contributed by atoms with van der Waals surface area (Å²) in [5, 5.41) is 4.83. The lowest BCUT2D eigenvalue weighted by molar-refractivity contribution is 0.190. The van der Waals surface area contributed by atoms with Gasteiger partial charge in [-0.1, -0.05) is 31.9 Å². The molecule has 1 nitrogen and oxygen atoms in total. The summed E-state index contributed by atoms with van der Waals surface area (Å²) in [5.41, 5.74) is 1.42. The van der Waals surface area contributed by atoms with Gasteiger partial charge in [-0.25, -0.2) is 0 Å². The van der Waals surface area contributed by atoms with E-state index >= 15 is 0 Å². The van der Waals surface area contributed by atoms with Gasteiger partial charge >= 0.3 is 0 Å². The normalized spacial score (nSPS) is 33.8. The first-order chi connectivity index (χ1) is 9.65. The summed E-state index contributed by atoms with van der Waals surface area (Å²) < 4.78 is 0. The average Bonchev–Trinajstić information content (AvgIpc) is 2.43. The lowest BCUT2D eigenvalue weighted by atomic mass is 9.78. The Morgan fingerprint density at radius 1 is 1.15 bits per heavy atom. The zero-order valence-electron chi connectivity index (χ0n) is 12.4. The van der Waals surface area contributed by atoms with Crippen LogP contribution in [0.25, 0.3) is 0 Å². The van der Waals surface area contributed by atoms with Crippen molar-refractivity contribution in [2.45, 2.75) is 56.5 Å². The molecule has 1 aliphatic carbocycles. The second kappa shape index (κ2) is 6.29. The van der Waals surface area contributed by atoms with Crippen LogP contribution in [0.15, 0.2) is 23.1 Å². The van der Waals surface area contributed by atoms with Crippen LogP contribution in [0.1, 0.15) is 51.1 Å². The Hall–Kier alpha value is -0.180. The lowest BCUT2D eigenvalue weighted by Crippen LogP contribution is -2.45. The molecule has 1 saturated carbocycles. The number of halogens is 1. The summed E-state index contributed by atoms with van der Waals surface area (Å²) in [7, 11) is 0. The molecule has 110 valence electrons. The molecule has 1 aromatic carbocycles. The first-order valence-electron chi connectivity index (χ1n) is 7.83. The molecule has 3 heteroatoms. The van der Waals surface area contributed by atoms with Crippen molar-refractivity contribution in [3.63, 3.8) is 0 Å². The number of thioether (sulfide) groups is 1. The molecule has 1 heterocycles. The molecular formula is C17H24ClNS. The molecule has 0 spiro atoms. The van der Waals surface area contributed by atoms with Crippen LogP contribution in [-0.2, 0) is 0 Å². The molecule has 0 saturated heterocycles. The van der Waals surface area contributed by atoms with Crippen molar-refractivity contribution in [2.75, 3.05) is 5.75 Å². The maximum atomic E-state index is 6.21. The maximum Gasteiger partial charge on any atom is 0.0410 e. The van der Waals surface area contributed by atoms with E-state index < -0.39 is 0 Å². The Morgan fingerprint density at radius 3 is 2.65 bits per heavy atom. The number of benzene rings is 1. The van der Waals surface area contributed by atoms with Gasteiger partial charge in [0.1, 0.15) is 0 Å². The molecule has 2 aliphatic rings. The predicted octanol–water partition coefficient (Wildman–Crippen LogP) is 5.29. The predicted molar refractivity (Wildman–Crippen MR) is 88.6 cm³/mol. The topological polar surface area (TPSA) is 12.0 Å². The molecule has 1 aromatic rings. The van der Waals surface area contributed by atoms with Crippen LogP contribution < -0.4 is 5.32 Å². The van der Waals surface area contributed by atoms with Gasteiger partial charge in [0.25, 0.3) is 0 Å². The zero-order chi connectivity index (χ0) is 14.1. The zero-order valence-corrected chi connectivity index (χ0v) is 13.9. The lowest BCUT2D eigenvalue weighted by Gasteiger charge is -2.39. The minimum absolute atomic E-state index is 0.484. The first-order valence-corrected chi connectivity index (χ1v) is 9.20. The van der Waals surface area contributed by atoms with Crippen molar-refractivity contribution in [2.24, 2.45) is 11.8 Å². The summed E-state index contributed by atoms with van der Waals surface area (Å²) in [4.78, 5) is 1.41. The Labute approximate surface area is 131 Å². The Bertz CT molecular complexity index is 466. The number of hydrogen-bond donors (Lipinski definition) is 1. The van der Waals surface area contributed by atoms with Gasteiger partial charge in [-0.2, -0.15) is 0 Å². The highest BCUT2D eigenvalue weighted by atomic mass is 35.5. The van der Waals surface area contributed by atoms with Crippen LogP contribution in [0.2, 0.25) is 5.02 Å². The third-order valence-corrected chi connectivity index (χ3v) is 6.31. The van der Waals surface area contributed by atoms with Gasteiger partial charge in [0.15, 0.2) is 0 Å². The minimum Gasteiger partial charge on any atom is -0.307 e. The van der Waals surface area contributed by atoms with Crippen molar-refractivity contribution in [3.05, 3.63) is 28.8 Å². The SMILES string of the molecule is CC1CCCC(C)C1NC1CCSc2ccc(Cl)cc21. The fraction of sp³-hybridized carbons (Fsp3) is 0.647. The van der Waals surface area contributed by atoms with Crippen molar-refractivity contribution in [3.8, 4) is 0 Å². The van der Waals surface area contributed by atoms with Gasteiger partial charge in [0.2, 0.25) is 0 Å². The number of fused-ring (bicyclic) bond motifs is 1. The minimum atomic E-state index is 0.484. The monoisotopic (exact) mass is 309 g/mol. The molecule has 0 amide bonds.